The zero-order chi connectivity index (χ0) is 12.9. The van der Waals surface area contributed by atoms with Crippen LogP contribution in [0.25, 0.3) is 0 Å². The van der Waals surface area contributed by atoms with Crippen molar-refractivity contribution in [3.05, 3.63) is 35.4 Å². The van der Waals surface area contributed by atoms with Gasteiger partial charge < -0.3 is 10.4 Å². The summed E-state index contributed by atoms with van der Waals surface area (Å²) in [6.07, 6.45) is 1.43. The van der Waals surface area contributed by atoms with Crippen molar-refractivity contribution in [2.45, 2.75) is 38.8 Å². The Morgan fingerprint density at radius 2 is 2.06 bits per heavy atom. The first kappa shape index (κ1) is 14.1. The molecule has 1 unspecified atom stereocenters. The molecule has 0 aliphatic heterocycles. The second kappa shape index (κ2) is 6.07. The largest absolute Gasteiger partial charge is 0.396 e. The summed E-state index contributed by atoms with van der Waals surface area (Å²) in [4.78, 5) is 0. The SMILES string of the molecule is CCC(C)(CCO)NCc1ccc(F)cc1F. The molecule has 1 atom stereocenters. The van der Waals surface area contributed by atoms with Crippen LogP contribution in [0.5, 0.6) is 0 Å². The fraction of sp³-hybridized carbons (Fsp3) is 0.538. The molecule has 0 amide bonds. The quantitative estimate of drug-likeness (QED) is 0.805. The molecule has 0 saturated heterocycles. The lowest BCUT2D eigenvalue weighted by Crippen LogP contribution is -2.42. The van der Waals surface area contributed by atoms with Gasteiger partial charge in [0.2, 0.25) is 0 Å². The summed E-state index contributed by atoms with van der Waals surface area (Å²) in [5.74, 6) is -1.11. The minimum Gasteiger partial charge on any atom is -0.396 e. The molecule has 96 valence electrons. The summed E-state index contributed by atoms with van der Waals surface area (Å²) in [6.45, 7) is 4.40. The van der Waals surface area contributed by atoms with Crippen LogP contribution in [0.1, 0.15) is 32.3 Å². The van der Waals surface area contributed by atoms with E-state index >= 15 is 0 Å². The second-order valence-electron chi connectivity index (χ2n) is 4.48. The van der Waals surface area contributed by atoms with Crippen molar-refractivity contribution in [3.8, 4) is 0 Å². The fourth-order valence-electron chi connectivity index (χ4n) is 1.61. The maximum Gasteiger partial charge on any atom is 0.130 e. The van der Waals surface area contributed by atoms with Crippen LogP contribution < -0.4 is 5.32 Å². The number of nitrogens with one attached hydrogen (secondary N) is 1. The molecule has 2 nitrogen and oxygen atoms in total. The Morgan fingerprint density at radius 3 is 2.59 bits per heavy atom. The third-order valence-electron chi connectivity index (χ3n) is 3.16. The Bertz CT molecular complexity index is 370. The van der Waals surface area contributed by atoms with Crippen LogP contribution in [0.3, 0.4) is 0 Å². The van der Waals surface area contributed by atoms with Gasteiger partial charge in [-0.2, -0.15) is 0 Å². The lowest BCUT2D eigenvalue weighted by Gasteiger charge is -2.29. The molecule has 0 heterocycles. The van der Waals surface area contributed by atoms with E-state index in [0.29, 0.717) is 18.5 Å². The average Bonchev–Trinajstić information content (AvgIpc) is 2.28. The van der Waals surface area contributed by atoms with Crippen molar-refractivity contribution in [1.29, 1.82) is 0 Å². The first-order valence-electron chi connectivity index (χ1n) is 5.80. The minimum atomic E-state index is -0.570. The Labute approximate surface area is 101 Å². The Hall–Kier alpha value is -1.00. The molecule has 0 spiro atoms. The molecular formula is C13H19F2NO. The Morgan fingerprint density at radius 1 is 1.35 bits per heavy atom. The Balaban J connectivity index is 2.65. The summed E-state index contributed by atoms with van der Waals surface area (Å²) in [7, 11) is 0. The molecule has 1 rings (SSSR count). The van der Waals surface area contributed by atoms with E-state index in [1.54, 1.807) is 0 Å². The molecule has 0 aliphatic rings. The highest BCUT2D eigenvalue weighted by atomic mass is 19.1. The van der Waals surface area contributed by atoms with Crippen LogP contribution in [0, 0.1) is 11.6 Å². The third-order valence-corrected chi connectivity index (χ3v) is 3.16. The molecule has 0 aliphatic carbocycles. The second-order valence-corrected chi connectivity index (χ2v) is 4.48. The molecule has 17 heavy (non-hydrogen) atoms. The van der Waals surface area contributed by atoms with Crippen LogP contribution in [0.4, 0.5) is 8.78 Å². The molecular weight excluding hydrogens is 224 g/mol. The minimum absolute atomic E-state index is 0.0865. The van der Waals surface area contributed by atoms with Crippen molar-refractivity contribution in [1.82, 2.24) is 5.32 Å². The topological polar surface area (TPSA) is 32.3 Å². The van der Waals surface area contributed by atoms with E-state index < -0.39 is 11.6 Å². The summed E-state index contributed by atoms with van der Waals surface area (Å²) >= 11 is 0. The number of benzene rings is 1. The van der Waals surface area contributed by atoms with E-state index in [1.807, 2.05) is 13.8 Å². The molecule has 0 fully saturated rings. The van der Waals surface area contributed by atoms with E-state index in [1.165, 1.54) is 12.1 Å². The highest BCUT2D eigenvalue weighted by Gasteiger charge is 2.20. The molecule has 0 bridgehead atoms. The molecule has 2 N–H and O–H groups in total. The summed E-state index contributed by atoms with van der Waals surface area (Å²) in [5.41, 5.74) is 0.208. The lowest BCUT2D eigenvalue weighted by atomic mass is 9.94. The number of hydrogen-bond donors (Lipinski definition) is 2. The zero-order valence-electron chi connectivity index (χ0n) is 10.3. The van der Waals surface area contributed by atoms with E-state index in [4.69, 9.17) is 5.11 Å². The molecule has 1 aromatic rings. The smallest absolute Gasteiger partial charge is 0.130 e. The van der Waals surface area contributed by atoms with Gasteiger partial charge in [0.15, 0.2) is 0 Å². The van der Waals surface area contributed by atoms with Gasteiger partial charge in [-0.3, -0.25) is 0 Å². The Kier molecular flexibility index (Phi) is 5.02. The third kappa shape index (κ3) is 4.06. The maximum atomic E-state index is 13.4. The molecule has 0 saturated carbocycles. The summed E-state index contributed by atoms with van der Waals surface area (Å²) in [6, 6.07) is 3.56. The van der Waals surface area contributed by atoms with Crippen molar-refractivity contribution < 1.29 is 13.9 Å². The van der Waals surface area contributed by atoms with Crippen LogP contribution >= 0.6 is 0 Å². The van der Waals surface area contributed by atoms with Crippen LogP contribution in [0.2, 0.25) is 0 Å². The van der Waals surface area contributed by atoms with E-state index in [2.05, 4.69) is 5.32 Å². The van der Waals surface area contributed by atoms with Crippen molar-refractivity contribution in [3.63, 3.8) is 0 Å². The summed E-state index contributed by atoms with van der Waals surface area (Å²) in [5, 5.41) is 12.2. The first-order chi connectivity index (χ1) is 8.00. The number of rotatable bonds is 6. The highest BCUT2D eigenvalue weighted by Crippen LogP contribution is 2.16. The van der Waals surface area contributed by atoms with E-state index in [9.17, 15) is 8.78 Å². The lowest BCUT2D eigenvalue weighted by molar-refractivity contribution is 0.214. The van der Waals surface area contributed by atoms with Gasteiger partial charge in [0.25, 0.3) is 0 Å². The molecule has 0 radical (unpaired) electrons. The van der Waals surface area contributed by atoms with Gasteiger partial charge in [-0.15, -0.1) is 0 Å². The fourth-order valence-corrected chi connectivity index (χ4v) is 1.61. The predicted molar refractivity (Wildman–Crippen MR) is 63.6 cm³/mol. The number of hydrogen-bond acceptors (Lipinski definition) is 2. The predicted octanol–water partition coefficient (Wildman–Crippen LogP) is 2.61. The average molecular weight is 243 g/mol. The normalized spacial score (nSPS) is 14.6. The van der Waals surface area contributed by atoms with Crippen molar-refractivity contribution in [2.75, 3.05) is 6.61 Å². The number of aliphatic hydroxyl groups is 1. The molecule has 1 aromatic carbocycles. The monoisotopic (exact) mass is 243 g/mol. The van der Waals surface area contributed by atoms with Gasteiger partial charge in [0.05, 0.1) is 0 Å². The zero-order valence-corrected chi connectivity index (χ0v) is 10.3. The van der Waals surface area contributed by atoms with Gasteiger partial charge in [-0.05, 0) is 25.8 Å². The van der Waals surface area contributed by atoms with Gasteiger partial charge in [0.1, 0.15) is 11.6 Å². The first-order valence-corrected chi connectivity index (χ1v) is 5.80. The maximum absolute atomic E-state index is 13.4. The van der Waals surface area contributed by atoms with E-state index in [0.717, 1.165) is 12.5 Å². The van der Waals surface area contributed by atoms with Crippen LogP contribution in [-0.2, 0) is 6.54 Å². The number of halogens is 2. The van der Waals surface area contributed by atoms with Gasteiger partial charge in [0, 0.05) is 30.3 Å². The van der Waals surface area contributed by atoms with Gasteiger partial charge >= 0.3 is 0 Å². The summed E-state index contributed by atoms with van der Waals surface area (Å²) < 4.78 is 26.1. The van der Waals surface area contributed by atoms with Crippen molar-refractivity contribution in [2.24, 2.45) is 0 Å². The van der Waals surface area contributed by atoms with Crippen LogP contribution in [-0.4, -0.2) is 17.3 Å². The molecule has 0 aromatic heterocycles. The standard InChI is InChI=1S/C13H19F2NO/c1-3-13(2,6-7-17)16-9-10-4-5-11(14)8-12(10)15/h4-5,8,16-17H,3,6-7,9H2,1-2H3. The molecule has 4 heteroatoms. The van der Waals surface area contributed by atoms with Crippen molar-refractivity contribution >= 4 is 0 Å². The highest BCUT2D eigenvalue weighted by molar-refractivity contribution is 5.18. The number of aliphatic hydroxyl groups excluding tert-OH is 1. The van der Waals surface area contributed by atoms with E-state index in [-0.39, 0.29) is 12.1 Å². The van der Waals surface area contributed by atoms with Gasteiger partial charge in [-0.1, -0.05) is 13.0 Å². The van der Waals surface area contributed by atoms with Crippen LogP contribution in [0.15, 0.2) is 18.2 Å². The van der Waals surface area contributed by atoms with Gasteiger partial charge in [-0.25, -0.2) is 8.78 Å².